The molecule has 0 aromatic rings. The van der Waals surface area contributed by atoms with Gasteiger partial charge in [0.25, 0.3) is 5.91 Å². The third-order valence-electron chi connectivity index (χ3n) is 5.21. The molecule has 2 atom stereocenters. The van der Waals surface area contributed by atoms with E-state index in [1.54, 1.807) is 6.08 Å². The topological polar surface area (TPSA) is 113 Å². The smallest absolute Gasteiger partial charge is 0.286 e. The van der Waals surface area contributed by atoms with Gasteiger partial charge >= 0.3 is 0 Å². The molecule has 7 nitrogen and oxygen atoms in total. The number of allylic oxidation sites excluding steroid dienone is 3. The molecule has 0 aliphatic heterocycles. The Morgan fingerprint density at radius 3 is 2.57 bits per heavy atom. The van der Waals surface area contributed by atoms with Gasteiger partial charge in [0.1, 0.15) is 5.78 Å². The number of carbonyl (C=O) groups excluding carboxylic acids is 3. The van der Waals surface area contributed by atoms with Gasteiger partial charge in [-0.15, -0.1) is 0 Å². The number of hydrogen-bond donors (Lipinski definition) is 3. The maximum Gasteiger partial charge on any atom is 0.286 e. The van der Waals surface area contributed by atoms with Gasteiger partial charge in [0.15, 0.2) is 0 Å². The first-order valence-electron chi connectivity index (χ1n) is 10.7. The van der Waals surface area contributed by atoms with Crippen LogP contribution in [0.25, 0.3) is 0 Å². The zero-order chi connectivity index (χ0) is 22.8. The Morgan fingerprint density at radius 2 is 1.93 bits per heavy atom. The maximum atomic E-state index is 12.2. The number of amides is 2. The Morgan fingerprint density at radius 1 is 1.23 bits per heavy atom. The van der Waals surface area contributed by atoms with Crippen molar-refractivity contribution < 1.29 is 29.3 Å². The summed E-state index contributed by atoms with van der Waals surface area (Å²) in [5.41, 5.74) is -0.222. The molecule has 30 heavy (non-hydrogen) atoms. The average molecular weight is 424 g/mol. The number of ether oxygens (including phenoxy) is 1. The number of ketones is 1. The molecule has 170 valence electrons. The van der Waals surface area contributed by atoms with Gasteiger partial charge in [-0.25, -0.2) is 0 Å². The molecule has 2 amide bonds. The minimum absolute atomic E-state index is 0.0776. The predicted molar refractivity (Wildman–Crippen MR) is 114 cm³/mol. The average Bonchev–Trinajstić information content (AvgIpc) is 2.99. The summed E-state index contributed by atoms with van der Waals surface area (Å²) in [4.78, 5) is 34.6. The van der Waals surface area contributed by atoms with E-state index in [1.165, 1.54) is 0 Å². The van der Waals surface area contributed by atoms with Gasteiger partial charge in [0.2, 0.25) is 11.7 Å². The second-order valence-corrected chi connectivity index (χ2v) is 8.59. The lowest BCUT2D eigenvalue weighted by atomic mass is 9.90. The summed E-state index contributed by atoms with van der Waals surface area (Å²) in [6.45, 7) is 8.06. The molecular formula is C23H37NO6. The van der Waals surface area contributed by atoms with Crippen molar-refractivity contribution in [3.63, 3.8) is 0 Å². The van der Waals surface area contributed by atoms with Crippen LogP contribution in [0.3, 0.4) is 0 Å². The van der Waals surface area contributed by atoms with E-state index in [1.807, 2.05) is 11.4 Å². The highest BCUT2D eigenvalue weighted by Gasteiger charge is 2.33. The highest BCUT2D eigenvalue weighted by atomic mass is 16.5. The van der Waals surface area contributed by atoms with Gasteiger partial charge in [0.05, 0.1) is 5.60 Å². The second kappa shape index (κ2) is 12.1. The molecule has 1 aliphatic carbocycles. The number of Topliss-reactive ketones (excluding diaryl/α,β-unsaturated/α-hetero) is 1. The number of aliphatic hydroxyl groups is 2. The molecule has 0 heterocycles. The van der Waals surface area contributed by atoms with Crippen LogP contribution in [-0.2, 0) is 19.1 Å². The fourth-order valence-electron chi connectivity index (χ4n) is 3.45. The van der Waals surface area contributed by atoms with Crippen molar-refractivity contribution in [2.24, 2.45) is 11.8 Å². The lowest BCUT2D eigenvalue weighted by Gasteiger charge is -2.24. The molecule has 0 unspecified atom stereocenters. The fourth-order valence-corrected chi connectivity index (χ4v) is 3.45. The van der Waals surface area contributed by atoms with Crippen molar-refractivity contribution >= 4 is 17.6 Å². The fraction of sp³-hybridized carbons (Fsp3) is 0.696. The van der Waals surface area contributed by atoms with E-state index in [4.69, 9.17) is 4.74 Å². The molecule has 0 radical (unpaired) electrons. The second-order valence-electron chi connectivity index (χ2n) is 8.59. The van der Waals surface area contributed by atoms with Crippen LogP contribution in [0, 0.1) is 11.8 Å². The Hall–Kier alpha value is -1.83. The molecule has 1 aliphatic rings. The molecule has 0 spiro atoms. The first-order valence-corrected chi connectivity index (χ1v) is 10.7. The zero-order valence-electron chi connectivity index (χ0n) is 18.6. The van der Waals surface area contributed by atoms with E-state index < -0.39 is 17.6 Å². The van der Waals surface area contributed by atoms with Crippen LogP contribution in [-0.4, -0.2) is 45.8 Å². The van der Waals surface area contributed by atoms with Crippen molar-refractivity contribution in [3.8, 4) is 0 Å². The maximum absolute atomic E-state index is 12.2. The van der Waals surface area contributed by atoms with Gasteiger partial charge < -0.3 is 14.9 Å². The summed E-state index contributed by atoms with van der Waals surface area (Å²) in [5, 5.41) is 21.3. The standard InChI is InChI=1S/C23H37NO6/c1-5-16-30-22(3,4)14-9-10-18-12-13-20(26)19(18)11-7-6-8-15-23(28,29)21(27)24-17(2)25/h6-7,9-10,18-19,28-29H,5,8,11-16H2,1-4H3,(H,24,25,27)/b7-6-,10-9+/t18-,19+/m0/s1. The quantitative estimate of drug-likeness (QED) is 0.329. The highest BCUT2D eigenvalue weighted by Crippen LogP contribution is 2.33. The number of carbonyl (C=O) groups is 3. The number of imide groups is 1. The summed E-state index contributed by atoms with van der Waals surface area (Å²) < 4.78 is 5.83. The van der Waals surface area contributed by atoms with Crippen LogP contribution in [0.15, 0.2) is 24.3 Å². The van der Waals surface area contributed by atoms with Crippen molar-refractivity contribution in [2.75, 3.05) is 6.61 Å². The molecule has 0 bridgehead atoms. The van der Waals surface area contributed by atoms with Crippen LogP contribution >= 0.6 is 0 Å². The van der Waals surface area contributed by atoms with Crippen LogP contribution < -0.4 is 5.32 Å². The van der Waals surface area contributed by atoms with E-state index in [0.717, 1.165) is 32.8 Å². The van der Waals surface area contributed by atoms with Crippen LogP contribution in [0.1, 0.15) is 72.6 Å². The molecule has 7 heteroatoms. The normalized spacial score (nSPS) is 20.4. The van der Waals surface area contributed by atoms with E-state index in [-0.39, 0.29) is 36.1 Å². The Bertz CT molecular complexity index is 650. The first kappa shape index (κ1) is 26.2. The number of nitrogens with one attached hydrogen (secondary N) is 1. The third-order valence-corrected chi connectivity index (χ3v) is 5.21. The first-order chi connectivity index (χ1) is 14.0. The van der Waals surface area contributed by atoms with Gasteiger partial charge in [-0.2, -0.15) is 0 Å². The monoisotopic (exact) mass is 423 g/mol. The Balaban J connectivity index is 2.50. The predicted octanol–water partition coefficient (Wildman–Crippen LogP) is 2.80. The van der Waals surface area contributed by atoms with Gasteiger partial charge in [0, 0.05) is 32.3 Å². The van der Waals surface area contributed by atoms with E-state index in [2.05, 4.69) is 32.9 Å². The van der Waals surface area contributed by atoms with Gasteiger partial charge in [-0.05, 0) is 51.9 Å². The molecule has 3 N–H and O–H groups in total. The van der Waals surface area contributed by atoms with Crippen LogP contribution in [0.5, 0.6) is 0 Å². The van der Waals surface area contributed by atoms with Crippen molar-refractivity contribution in [3.05, 3.63) is 24.3 Å². The van der Waals surface area contributed by atoms with E-state index >= 15 is 0 Å². The largest absolute Gasteiger partial charge is 0.375 e. The molecule has 1 fully saturated rings. The third kappa shape index (κ3) is 9.32. The van der Waals surface area contributed by atoms with Gasteiger partial charge in [-0.3, -0.25) is 19.7 Å². The van der Waals surface area contributed by atoms with Crippen molar-refractivity contribution in [1.82, 2.24) is 5.32 Å². The molecule has 0 aromatic carbocycles. The Labute approximate surface area is 179 Å². The van der Waals surface area contributed by atoms with Crippen molar-refractivity contribution in [2.45, 2.75) is 84.0 Å². The Kier molecular flexibility index (Phi) is 10.6. The summed E-state index contributed by atoms with van der Waals surface area (Å²) in [6, 6.07) is 0. The molecule has 1 saturated carbocycles. The van der Waals surface area contributed by atoms with Crippen LogP contribution in [0.2, 0.25) is 0 Å². The van der Waals surface area contributed by atoms with Gasteiger partial charge in [-0.1, -0.05) is 31.2 Å². The van der Waals surface area contributed by atoms with E-state index in [0.29, 0.717) is 12.8 Å². The van der Waals surface area contributed by atoms with Crippen molar-refractivity contribution in [1.29, 1.82) is 0 Å². The summed E-state index contributed by atoms with van der Waals surface area (Å²) in [6.07, 6.45) is 11.6. The van der Waals surface area contributed by atoms with E-state index in [9.17, 15) is 24.6 Å². The summed E-state index contributed by atoms with van der Waals surface area (Å²) >= 11 is 0. The lowest BCUT2D eigenvalue weighted by Crippen LogP contribution is -2.48. The molecule has 0 saturated heterocycles. The minimum atomic E-state index is -2.60. The van der Waals surface area contributed by atoms with Crippen LogP contribution in [0.4, 0.5) is 0 Å². The lowest BCUT2D eigenvalue weighted by molar-refractivity contribution is -0.187. The highest BCUT2D eigenvalue weighted by molar-refractivity contribution is 5.97. The zero-order valence-corrected chi connectivity index (χ0v) is 18.6. The summed E-state index contributed by atoms with van der Waals surface area (Å²) in [7, 11) is 0. The summed E-state index contributed by atoms with van der Waals surface area (Å²) in [5.74, 6) is -4.02. The minimum Gasteiger partial charge on any atom is -0.375 e. The molecule has 1 rings (SSSR count). The SMILES string of the molecule is CCCOC(C)(C)C/C=C/[C@H]1CCC(=O)[C@@H]1C/C=C\CCC(O)(O)C(=O)NC(C)=O. The molecular weight excluding hydrogens is 386 g/mol. The number of rotatable bonds is 12. The number of hydrogen-bond acceptors (Lipinski definition) is 6. The molecule has 0 aromatic heterocycles.